The van der Waals surface area contributed by atoms with Gasteiger partial charge in [0, 0.05) is 30.1 Å². The second-order valence-corrected chi connectivity index (χ2v) is 10.8. The first-order valence-corrected chi connectivity index (χ1v) is 12.5. The Kier molecular flexibility index (Phi) is 7.30. The van der Waals surface area contributed by atoms with Crippen LogP contribution in [-0.4, -0.2) is 45.1 Å². The molecule has 8 nitrogen and oxygen atoms in total. The van der Waals surface area contributed by atoms with Crippen LogP contribution in [0.4, 0.5) is 24.4 Å². The Hall–Kier alpha value is -3.47. The van der Waals surface area contributed by atoms with Crippen molar-refractivity contribution in [1.29, 1.82) is 0 Å². The van der Waals surface area contributed by atoms with Gasteiger partial charge in [0.25, 0.3) is 5.91 Å². The van der Waals surface area contributed by atoms with Crippen LogP contribution < -0.4 is 10.6 Å². The van der Waals surface area contributed by atoms with Gasteiger partial charge in [0.2, 0.25) is 5.13 Å². The predicted octanol–water partition coefficient (Wildman–Crippen LogP) is 5.48. The lowest BCUT2D eigenvalue weighted by Crippen LogP contribution is -2.41. The molecule has 0 saturated carbocycles. The number of amides is 3. The summed E-state index contributed by atoms with van der Waals surface area (Å²) in [5.74, 6) is -2.03. The van der Waals surface area contributed by atoms with Crippen molar-refractivity contribution in [3.8, 4) is 0 Å². The number of pyridine rings is 1. The van der Waals surface area contributed by atoms with E-state index in [2.05, 4.69) is 25.8 Å². The van der Waals surface area contributed by atoms with Crippen LogP contribution in [0.5, 0.6) is 0 Å². The molecule has 4 rings (SSSR count). The predicted molar refractivity (Wildman–Crippen MR) is 134 cm³/mol. The molecule has 11 heteroatoms. The highest BCUT2D eigenvalue weighted by Crippen LogP contribution is 2.32. The number of benzene rings is 1. The smallest absolute Gasteiger partial charge is 0.322 e. The zero-order chi connectivity index (χ0) is 26.0. The molecule has 0 aliphatic carbocycles. The molecule has 0 radical (unpaired) electrons. The molecule has 190 valence electrons. The largest absolute Gasteiger partial charge is 0.324 e. The molecule has 1 aliphatic rings. The third-order valence-corrected chi connectivity index (χ3v) is 7.22. The van der Waals surface area contributed by atoms with E-state index in [0.29, 0.717) is 42.3 Å². The summed E-state index contributed by atoms with van der Waals surface area (Å²) in [5.41, 5.74) is 1.26. The molecule has 1 saturated heterocycles. The number of anilines is 2. The summed E-state index contributed by atoms with van der Waals surface area (Å²) in [7, 11) is 0. The molecule has 1 fully saturated rings. The molecule has 3 heterocycles. The molecule has 0 atom stereocenters. The second-order valence-electron chi connectivity index (χ2n) is 9.79. The molecule has 2 N–H and O–H groups in total. The quantitative estimate of drug-likeness (QED) is 0.480. The molecule has 0 unspecified atom stereocenters. The summed E-state index contributed by atoms with van der Waals surface area (Å²) in [6, 6.07) is 6.38. The summed E-state index contributed by atoms with van der Waals surface area (Å²) in [5, 5.41) is 14.7. The number of carbonyl (C=O) groups is 2. The Labute approximate surface area is 212 Å². The maximum absolute atomic E-state index is 13.9. The van der Waals surface area contributed by atoms with Crippen LogP contribution in [0.2, 0.25) is 0 Å². The van der Waals surface area contributed by atoms with E-state index in [0.717, 1.165) is 22.8 Å². The van der Waals surface area contributed by atoms with Crippen molar-refractivity contribution in [3.63, 3.8) is 0 Å². The van der Waals surface area contributed by atoms with Gasteiger partial charge in [-0.3, -0.25) is 15.1 Å². The molecule has 3 amide bonds. The van der Waals surface area contributed by atoms with Crippen molar-refractivity contribution in [3.05, 3.63) is 63.9 Å². The Bertz CT molecular complexity index is 1260. The van der Waals surface area contributed by atoms with E-state index in [4.69, 9.17) is 0 Å². The monoisotopic (exact) mass is 514 g/mol. The van der Waals surface area contributed by atoms with Gasteiger partial charge in [0.1, 0.15) is 22.3 Å². The zero-order valence-electron chi connectivity index (χ0n) is 20.6. The van der Waals surface area contributed by atoms with Gasteiger partial charge < -0.3 is 10.2 Å². The highest BCUT2D eigenvalue weighted by molar-refractivity contribution is 7.15. The van der Waals surface area contributed by atoms with Crippen LogP contribution in [0.3, 0.4) is 0 Å². The van der Waals surface area contributed by atoms with E-state index >= 15 is 0 Å². The fourth-order valence-corrected chi connectivity index (χ4v) is 4.78. The number of aryl methyl sites for hydroxylation is 1. The average molecular weight is 515 g/mol. The number of carbonyl (C=O) groups excluding carboxylic acids is 2. The first-order valence-electron chi connectivity index (χ1n) is 11.7. The minimum atomic E-state index is -0.831. The molecule has 2 aromatic heterocycles. The summed E-state index contributed by atoms with van der Waals surface area (Å²) in [6.45, 7) is 8.65. The van der Waals surface area contributed by atoms with Crippen molar-refractivity contribution in [1.82, 2.24) is 20.1 Å². The number of hydrogen-bond donors (Lipinski definition) is 2. The van der Waals surface area contributed by atoms with Crippen LogP contribution in [0, 0.1) is 18.6 Å². The van der Waals surface area contributed by atoms with E-state index in [1.807, 2.05) is 27.7 Å². The van der Waals surface area contributed by atoms with Crippen LogP contribution >= 0.6 is 11.3 Å². The lowest BCUT2D eigenvalue weighted by molar-refractivity contribution is 0.102. The SMILES string of the molecule is Cc1ccc(C(=O)Nc2nnc(C(C)(C)C)s2)c(C2CCN(C(=O)Nc3c(F)cccc3F)CC2)n1. The highest BCUT2D eigenvalue weighted by Gasteiger charge is 2.29. The minimum absolute atomic E-state index is 0.0561. The van der Waals surface area contributed by atoms with Gasteiger partial charge >= 0.3 is 6.03 Å². The van der Waals surface area contributed by atoms with E-state index < -0.39 is 23.4 Å². The number of urea groups is 1. The normalized spacial score (nSPS) is 14.6. The maximum atomic E-state index is 13.9. The zero-order valence-corrected chi connectivity index (χ0v) is 21.4. The lowest BCUT2D eigenvalue weighted by atomic mass is 9.90. The summed E-state index contributed by atoms with van der Waals surface area (Å²) in [4.78, 5) is 31.9. The molecule has 0 spiro atoms. The lowest BCUT2D eigenvalue weighted by Gasteiger charge is -2.32. The first kappa shape index (κ1) is 25.6. The number of halogens is 2. The summed E-state index contributed by atoms with van der Waals surface area (Å²) >= 11 is 1.33. The maximum Gasteiger partial charge on any atom is 0.322 e. The molecule has 0 bridgehead atoms. The van der Waals surface area contributed by atoms with Crippen molar-refractivity contribution in [2.45, 2.75) is 51.9 Å². The number of piperidine rings is 1. The standard InChI is InChI=1S/C25H28F2N6O2S/c1-14-8-9-16(21(34)30-23-32-31-22(36-23)25(2,3)4)19(28-14)15-10-12-33(13-11-15)24(35)29-20-17(26)6-5-7-18(20)27/h5-9,15H,10-13H2,1-4H3,(H,29,35)(H,30,32,34). The molecule has 36 heavy (non-hydrogen) atoms. The van der Waals surface area contributed by atoms with Gasteiger partial charge in [-0.25, -0.2) is 13.6 Å². The third kappa shape index (κ3) is 5.67. The molecule has 3 aromatic rings. The summed E-state index contributed by atoms with van der Waals surface area (Å²) < 4.78 is 27.8. The van der Waals surface area contributed by atoms with Gasteiger partial charge in [-0.1, -0.05) is 38.2 Å². The Morgan fingerprint density at radius 1 is 1.03 bits per heavy atom. The Balaban J connectivity index is 1.44. The van der Waals surface area contributed by atoms with Crippen molar-refractivity contribution in [2.75, 3.05) is 23.7 Å². The molecular weight excluding hydrogens is 486 g/mol. The number of nitrogens with zero attached hydrogens (tertiary/aromatic N) is 4. The van der Waals surface area contributed by atoms with Crippen LogP contribution in [0.25, 0.3) is 0 Å². The van der Waals surface area contributed by atoms with Gasteiger partial charge in [-0.2, -0.15) is 0 Å². The van der Waals surface area contributed by atoms with Crippen molar-refractivity contribution >= 4 is 34.1 Å². The number of hydrogen-bond acceptors (Lipinski definition) is 6. The first-order chi connectivity index (χ1) is 17.0. The number of rotatable bonds is 4. The van der Waals surface area contributed by atoms with Gasteiger partial charge in [-0.15, -0.1) is 10.2 Å². The fourth-order valence-electron chi connectivity index (χ4n) is 3.98. The number of nitrogens with one attached hydrogen (secondary N) is 2. The molecular formula is C25H28F2N6O2S. The van der Waals surface area contributed by atoms with Gasteiger partial charge in [-0.05, 0) is 44.0 Å². The van der Waals surface area contributed by atoms with Gasteiger partial charge in [0.15, 0.2) is 0 Å². The third-order valence-electron chi connectivity index (χ3n) is 5.96. The number of likely N-dealkylation sites (tertiary alicyclic amines) is 1. The fraction of sp³-hybridized carbons (Fsp3) is 0.400. The Morgan fingerprint density at radius 3 is 2.31 bits per heavy atom. The van der Waals surface area contributed by atoms with E-state index in [-0.39, 0.29) is 17.2 Å². The average Bonchev–Trinajstić information content (AvgIpc) is 3.30. The van der Waals surface area contributed by atoms with Crippen LogP contribution in [0.15, 0.2) is 30.3 Å². The number of para-hydroxylation sites is 1. The van der Waals surface area contributed by atoms with E-state index in [9.17, 15) is 18.4 Å². The van der Waals surface area contributed by atoms with E-state index in [1.54, 1.807) is 12.1 Å². The highest BCUT2D eigenvalue weighted by atomic mass is 32.1. The molecule has 1 aromatic carbocycles. The Morgan fingerprint density at radius 2 is 1.69 bits per heavy atom. The topological polar surface area (TPSA) is 100 Å². The minimum Gasteiger partial charge on any atom is -0.324 e. The summed E-state index contributed by atoms with van der Waals surface area (Å²) in [6.07, 6.45) is 1.10. The van der Waals surface area contributed by atoms with Gasteiger partial charge in [0.05, 0.1) is 11.3 Å². The van der Waals surface area contributed by atoms with Crippen LogP contribution in [0.1, 0.15) is 66.3 Å². The van der Waals surface area contributed by atoms with E-state index in [1.165, 1.54) is 22.3 Å². The molecule has 1 aliphatic heterocycles. The number of aromatic nitrogens is 3. The van der Waals surface area contributed by atoms with Crippen molar-refractivity contribution in [2.24, 2.45) is 0 Å². The second kappa shape index (κ2) is 10.3. The van der Waals surface area contributed by atoms with Crippen LogP contribution in [-0.2, 0) is 5.41 Å². The van der Waals surface area contributed by atoms with Crippen molar-refractivity contribution < 1.29 is 18.4 Å².